The van der Waals surface area contributed by atoms with Gasteiger partial charge in [0.15, 0.2) is 11.5 Å². The van der Waals surface area contributed by atoms with Crippen LogP contribution in [0.25, 0.3) is 0 Å². The molecule has 0 fully saturated rings. The Labute approximate surface area is 100 Å². The molecule has 0 bridgehead atoms. The minimum absolute atomic E-state index is 0.370. The van der Waals surface area contributed by atoms with Crippen molar-refractivity contribution in [1.29, 1.82) is 0 Å². The van der Waals surface area contributed by atoms with E-state index in [4.69, 9.17) is 14.6 Å². The van der Waals surface area contributed by atoms with Crippen molar-refractivity contribution in [2.24, 2.45) is 0 Å². The summed E-state index contributed by atoms with van der Waals surface area (Å²) in [7, 11) is 3.16. The molecule has 0 heterocycles. The highest BCUT2D eigenvalue weighted by Gasteiger charge is 2.04. The van der Waals surface area contributed by atoms with Gasteiger partial charge in [-0.05, 0) is 24.1 Å². The van der Waals surface area contributed by atoms with E-state index < -0.39 is 6.61 Å². The Morgan fingerprint density at radius 3 is 2.59 bits per heavy atom. The van der Waals surface area contributed by atoms with E-state index in [1.165, 1.54) is 0 Å². The predicted molar refractivity (Wildman–Crippen MR) is 63.3 cm³/mol. The average Bonchev–Trinajstić information content (AvgIpc) is 2.38. The number of ether oxygens (including phenoxy) is 2. The summed E-state index contributed by atoms with van der Waals surface area (Å²) in [5.74, 6) is 0.972. The third-order valence-corrected chi connectivity index (χ3v) is 2.33. The SMILES string of the molecule is COc1ccc(CCNC(=O)CO)cc1OC. The van der Waals surface area contributed by atoms with E-state index >= 15 is 0 Å². The van der Waals surface area contributed by atoms with E-state index in [0.717, 1.165) is 5.56 Å². The van der Waals surface area contributed by atoms with Crippen molar-refractivity contribution in [1.82, 2.24) is 5.32 Å². The second kappa shape index (κ2) is 6.75. The second-order valence-electron chi connectivity index (χ2n) is 3.45. The van der Waals surface area contributed by atoms with Crippen LogP contribution in [-0.4, -0.2) is 38.4 Å². The number of nitrogens with one attached hydrogen (secondary N) is 1. The molecule has 1 amide bonds. The van der Waals surface area contributed by atoms with Gasteiger partial charge in [-0.25, -0.2) is 0 Å². The molecule has 0 spiro atoms. The number of amides is 1. The van der Waals surface area contributed by atoms with Gasteiger partial charge in [0.05, 0.1) is 14.2 Å². The topological polar surface area (TPSA) is 67.8 Å². The van der Waals surface area contributed by atoms with E-state index in [0.29, 0.717) is 24.5 Å². The van der Waals surface area contributed by atoms with Gasteiger partial charge < -0.3 is 19.9 Å². The van der Waals surface area contributed by atoms with Crippen LogP contribution in [0.2, 0.25) is 0 Å². The lowest BCUT2D eigenvalue weighted by Crippen LogP contribution is -2.28. The van der Waals surface area contributed by atoms with Gasteiger partial charge in [-0.15, -0.1) is 0 Å². The Hall–Kier alpha value is -1.75. The second-order valence-corrected chi connectivity index (χ2v) is 3.45. The number of benzene rings is 1. The molecule has 0 aliphatic carbocycles. The zero-order chi connectivity index (χ0) is 12.7. The Bertz CT molecular complexity index is 379. The third-order valence-electron chi connectivity index (χ3n) is 2.33. The van der Waals surface area contributed by atoms with Crippen LogP contribution in [0.1, 0.15) is 5.56 Å². The Balaban J connectivity index is 2.57. The van der Waals surface area contributed by atoms with E-state index in [1.807, 2.05) is 18.2 Å². The molecule has 1 rings (SSSR count). The monoisotopic (exact) mass is 239 g/mol. The van der Waals surface area contributed by atoms with Crippen molar-refractivity contribution in [2.75, 3.05) is 27.4 Å². The highest BCUT2D eigenvalue weighted by molar-refractivity contribution is 5.76. The van der Waals surface area contributed by atoms with Crippen molar-refractivity contribution in [3.05, 3.63) is 23.8 Å². The zero-order valence-electron chi connectivity index (χ0n) is 10.0. The Kier molecular flexibility index (Phi) is 5.29. The Morgan fingerprint density at radius 1 is 1.29 bits per heavy atom. The highest BCUT2D eigenvalue weighted by Crippen LogP contribution is 2.27. The molecule has 5 heteroatoms. The quantitative estimate of drug-likeness (QED) is 0.752. The van der Waals surface area contributed by atoms with Crippen molar-refractivity contribution < 1.29 is 19.4 Å². The normalized spacial score (nSPS) is 9.82. The van der Waals surface area contributed by atoms with Crippen molar-refractivity contribution in [2.45, 2.75) is 6.42 Å². The summed E-state index contributed by atoms with van der Waals surface area (Å²) in [6.07, 6.45) is 0.673. The first kappa shape index (κ1) is 13.3. The molecule has 94 valence electrons. The molecular formula is C12H17NO4. The largest absolute Gasteiger partial charge is 0.493 e. The van der Waals surface area contributed by atoms with E-state index in [9.17, 15) is 4.79 Å². The van der Waals surface area contributed by atoms with Crippen molar-refractivity contribution >= 4 is 5.91 Å². The summed E-state index contributed by atoms with van der Waals surface area (Å²) in [4.78, 5) is 10.8. The molecule has 0 aliphatic heterocycles. The summed E-state index contributed by atoms with van der Waals surface area (Å²) >= 11 is 0. The molecule has 0 aromatic heterocycles. The molecule has 0 unspecified atom stereocenters. The smallest absolute Gasteiger partial charge is 0.245 e. The first-order chi connectivity index (χ1) is 8.21. The average molecular weight is 239 g/mol. The minimum Gasteiger partial charge on any atom is -0.493 e. The molecular weight excluding hydrogens is 222 g/mol. The zero-order valence-corrected chi connectivity index (χ0v) is 10.0. The number of carbonyl (C=O) groups is 1. The fraction of sp³-hybridized carbons (Fsp3) is 0.417. The number of carbonyl (C=O) groups excluding carboxylic acids is 1. The lowest BCUT2D eigenvalue weighted by molar-refractivity contribution is -0.123. The lowest BCUT2D eigenvalue weighted by Gasteiger charge is -2.09. The van der Waals surface area contributed by atoms with E-state index in [-0.39, 0.29) is 5.91 Å². The summed E-state index contributed by atoms with van der Waals surface area (Å²) < 4.78 is 10.3. The summed E-state index contributed by atoms with van der Waals surface area (Å²) in [5.41, 5.74) is 1.03. The summed E-state index contributed by atoms with van der Waals surface area (Å²) in [6, 6.07) is 5.60. The first-order valence-electron chi connectivity index (χ1n) is 5.29. The lowest BCUT2D eigenvalue weighted by atomic mass is 10.1. The van der Waals surface area contributed by atoms with Crippen LogP contribution in [-0.2, 0) is 11.2 Å². The first-order valence-corrected chi connectivity index (χ1v) is 5.29. The fourth-order valence-corrected chi connectivity index (χ4v) is 1.44. The maximum atomic E-state index is 10.8. The summed E-state index contributed by atoms with van der Waals surface area (Å²) in [5, 5.41) is 11.1. The number of rotatable bonds is 6. The molecule has 0 saturated carbocycles. The van der Waals surface area contributed by atoms with Gasteiger partial charge in [-0.1, -0.05) is 6.07 Å². The maximum Gasteiger partial charge on any atom is 0.245 e. The molecule has 1 aromatic carbocycles. The maximum absolute atomic E-state index is 10.8. The summed E-state index contributed by atoms with van der Waals surface area (Å²) in [6.45, 7) is 0.000804. The molecule has 0 radical (unpaired) electrons. The standard InChI is InChI=1S/C12H17NO4/c1-16-10-4-3-9(7-11(10)17-2)5-6-13-12(15)8-14/h3-4,7,14H,5-6,8H2,1-2H3,(H,13,15). The molecule has 0 saturated heterocycles. The van der Waals surface area contributed by atoms with Crippen molar-refractivity contribution in [3.63, 3.8) is 0 Å². The number of aliphatic hydroxyl groups excluding tert-OH is 1. The number of methoxy groups -OCH3 is 2. The van der Waals surface area contributed by atoms with Crippen LogP contribution in [0, 0.1) is 0 Å². The van der Waals surface area contributed by atoms with Gasteiger partial charge in [0.25, 0.3) is 0 Å². The molecule has 2 N–H and O–H groups in total. The molecule has 5 nitrogen and oxygen atoms in total. The highest BCUT2D eigenvalue weighted by atomic mass is 16.5. The van der Waals surface area contributed by atoms with Crippen LogP contribution in [0.15, 0.2) is 18.2 Å². The van der Waals surface area contributed by atoms with Gasteiger partial charge in [0.2, 0.25) is 5.91 Å². The van der Waals surface area contributed by atoms with Crippen LogP contribution < -0.4 is 14.8 Å². The number of hydrogen-bond donors (Lipinski definition) is 2. The molecule has 0 aliphatic rings. The number of aliphatic hydroxyl groups is 1. The van der Waals surface area contributed by atoms with Gasteiger partial charge in [0.1, 0.15) is 6.61 Å². The van der Waals surface area contributed by atoms with Gasteiger partial charge in [-0.3, -0.25) is 4.79 Å². The van der Waals surface area contributed by atoms with Gasteiger partial charge in [0, 0.05) is 6.54 Å². The van der Waals surface area contributed by atoms with Crippen LogP contribution in [0.3, 0.4) is 0 Å². The van der Waals surface area contributed by atoms with Crippen molar-refractivity contribution in [3.8, 4) is 11.5 Å². The van der Waals surface area contributed by atoms with E-state index in [1.54, 1.807) is 14.2 Å². The van der Waals surface area contributed by atoms with Crippen LogP contribution in [0.5, 0.6) is 11.5 Å². The molecule has 17 heavy (non-hydrogen) atoms. The number of hydrogen-bond acceptors (Lipinski definition) is 4. The fourth-order valence-electron chi connectivity index (χ4n) is 1.44. The van der Waals surface area contributed by atoms with Crippen LogP contribution in [0.4, 0.5) is 0 Å². The predicted octanol–water partition coefficient (Wildman–Crippen LogP) is 0.355. The van der Waals surface area contributed by atoms with Gasteiger partial charge >= 0.3 is 0 Å². The van der Waals surface area contributed by atoms with Crippen LogP contribution >= 0.6 is 0 Å². The van der Waals surface area contributed by atoms with Gasteiger partial charge in [-0.2, -0.15) is 0 Å². The molecule has 1 aromatic rings. The Morgan fingerprint density at radius 2 is 2.00 bits per heavy atom. The third kappa shape index (κ3) is 3.96. The van der Waals surface area contributed by atoms with E-state index in [2.05, 4.69) is 5.32 Å². The molecule has 0 atom stereocenters. The minimum atomic E-state index is -0.480.